The zero-order valence-electron chi connectivity index (χ0n) is 14.6. The molecule has 2 aromatic carbocycles. The third kappa shape index (κ3) is 2.77. The van der Waals surface area contributed by atoms with Crippen molar-refractivity contribution in [2.45, 2.75) is 17.9 Å². The Morgan fingerprint density at radius 2 is 1.92 bits per heavy atom. The van der Waals surface area contributed by atoms with E-state index in [9.17, 15) is 8.42 Å². The molecule has 0 saturated carbocycles. The zero-order chi connectivity index (χ0) is 18.3. The van der Waals surface area contributed by atoms with E-state index in [2.05, 4.69) is 5.16 Å². The van der Waals surface area contributed by atoms with Crippen molar-refractivity contribution in [1.29, 1.82) is 0 Å². The summed E-state index contributed by atoms with van der Waals surface area (Å²) in [6.07, 6.45) is -0.253. The second kappa shape index (κ2) is 6.41. The molecule has 2 atom stereocenters. The lowest BCUT2D eigenvalue weighted by Gasteiger charge is -2.19. The highest BCUT2D eigenvalue weighted by molar-refractivity contribution is 7.89. The summed E-state index contributed by atoms with van der Waals surface area (Å²) in [6.45, 7) is 2.53. The first-order chi connectivity index (χ1) is 12.5. The van der Waals surface area contributed by atoms with Crippen LogP contribution in [-0.2, 0) is 14.9 Å². The van der Waals surface area contributed by atoms with Crippen molar-refractivity contribution < 1.29 is 18.0 Å². The van der Waals surface area contributed by atoms with Gasteiger partial charge in [0.2, 0.25) is 10.0 Å². The molecule has 0 aromatic heterocycles. The minimum Gasteiger partial charge on any atom is -0.495 e. The van der Waals surface area contributed by atoms with E-state index in [4.69, 9.17) is 9.57 Å². The van der Waals surface area contributed by atoms with Crippen LogP contribution in [0.15, 0.2) is 58.6 Å². The van der Waals surface area contributed by atoms with E-state index < -0.39 is 10.0 Å². The number of hydrogen-bond acceptors (Lipinski definition) is 5. The van der Waals surface area contributed by atoms with E-state index in [0.717, 1.165) is 16.8 Å². The second-order valence-electron chi connectivity index (χ2n) is 6.57. The Morgan fingerprint density at radius 3 is 2.65 bits per heavy atom. The summed E-state index contributed by atoms with van der Waals surface area (Å²) in [7, 11) is -2.19. The van der Waals surface area contributed by atoms with Gasteiger partial charge in [0.1, 0.15) is 10.6 Å². The van der Waals surface area contributed by atoms with Gasteiger partial charge in [-0.15, -0.1) is 0 Å². The molecule has 2 unspecified atom stereocenters. The number of nitrogens with zero attached hydrogens (tertiary/aromatic N) is 2. The lowest BCUT2D eigenvalue weighted by atomic mass is 9.95. The van der Waals surface area contributed by atoms with Gasteiger partial charge in [-0.05, 0) is 30.2 Å². The fraction of sp³-hybridized carbons (Fsp3) is 0.316. The fourth-order valence-corrected chi connectivity index (χ4v) is 5.11. The molecule has 0 N–H and O–H groups in total. The van der Waals surface area contributed by atoms with Crippen molar-refractivity contribution in [3.8, 4) is 5.75 Å². The summed E-state index contributed by atoms with van der Waals surface area (Å²) in [5.41, 5.74) is 2.72. The van der Waals surface area contributed by atoms with Crippen LogP contribution in [0.4, 0.5) is 0 Å². The van der Waals surface area contributed by atoms with Crippen LogP contribution in [0.3, 0.4) is 0 Å². The normalized spacial score (nSPS) is 22.6. The SMILES string of the molecule is COc1cc(C)ccc1S(=O)(=O)N1CC2ON=C(c3ccccc3)C2C1. The maximum absolute atomic E-state index is 13.2. The third-order valence-electron chi connectivity index (χ3n) is 4.88. The Kier molecular flexibility index (Phi) is 4.20. The van der Waals surface area contributed by atoms with E-state index >= 15 is 0 Å². The molecule has 136 valence electrons. The van der Waals surface area contributed by atoms with E-state index in [0.29, 0.717) is 12.3 Å². The minimum atomic E-state index is -3.67. The van der Waals surface area contributed by atoms with E-state index in [1.807, 2.05) is 37.3 Å². The summed E-state index contributed by atoms with van der Waals surface area (Å²) >= 11 is 0. The number of fused-ring (bicyclic) bond motifs is 1. The van der Waals surface area contributed by atoms with Crippen LogP contribution in [0.1, 0.15) is 11.1 Å². The van der Waals surface area contributed by atoms with Crippen molar-refractivity contribution in [2.24, 2.45) is 11.1 Å². The largest absolute Gasteiger partial charge is 0.495 e. The molecule has 4 rings (SSSR count). The number of rotatable bonds is 4. The van der Waals surface area contributed by atoms with Crippen LogP contribution in [0.2, 0.25) is 0 Å². The Morgan fingerprint density at radius 1 is 1.15 bits per heavy atom. The number of ether oxygens (including phenoxy) is 1. The van der Waals surface area contributed by atoms with Crippen LogP contribution in [0, 0.1) is 12.8 Å². The number of benzene rings is 2. The molecule has 2 aliphatic rings. The van der Waals surface area contributed by atoms with E-state index in [1.54, 1.807) is 18.2 Å². The number of methoxy groups -OCH3 is 1. The number of aryl methyl sites for hydroxylation is 1. The maximum Gasteiger partial charge on any atom is 0.246 e. The first kappa shape index (κ1) is 17.1. The molecule has 2 aliphatic heterocycles. The quantitative estimate of drug-likeness (QED) is 0.827. The molecule has 2 aromatic rings. The average Bonchev–Trinajstić information content (AvgIpc) is 3.23. The van der Waals surface area contributed by atoms with Crippen LogP contribution >= 0.6 is 0 Å². The van der Waals surface area contributed by atoms with Crippen molar-refractivity contribution in [1.82, 2.24) is 4.31 Å². The Hall–Kier alpha value is -2.38. The molecule has 0 spiro atoms. The number of sulfonamides is 1. The topological polar surface area (TPSA) is 68.2 Å². The highest BCUT2D eigenvalue weighted by Crippen LogP contribution is 2.35. The fourth-order valence-electron chi connectivity index (χ4n) is 3.50. The second-order valence-corrected chi connectivity index (χ2v) is 8.48. The highest BCUT2D eigenvalue weighted by atomic mass is 32.2. The molecule has 6 nitrogen and oxygen atoms in total. The maximum atomic E-state index is 13.2. The zero-order valence-corrected chi connectivity index (χ0v) is 15.4. The lowest BCUT2D eigenvalue weighted by Crippen LogP contribution is -2.31. The molecular weight excluding hydrogens is 352 g/mol. The number of hydrogen-bond donors (Lipinski definition) is 0. The van der Waals surface area contributed by atoms with Gasteiger partial charge in [-0.1, -0.05) is 41.6 Å². The van der Waals surface area contributed by atoms with Crippen LogP contribution < -0.4 is 4.74 Å². The standard InChI is InChI=1S/C19H20N2O4S/c1-13-8-9-18(16(10-13)24-2)26(22,23)21-11-15-17(12-21)25-20-19(15)14-6-4-3-5-7-14/h3-10,15,17H,11-12H2,1-2H3. The van der Waals surface area contributed by atoms with Gasteiger partial charge >= 0.3 is 0 Å². The van der Waals surface area contributed by atoms with Crippen molar-refractivity contribution >= 4 is 15.7 Å². The Labute approximate surface area is 153 Å². The smallest absolute Gasteiger partial charge is 0.246 e. The predicted octanol–water partition coefficient (Wildman–Crippen LogP) is 2.43. The van der Waals surface area contributed by atoms with Gasteiger partial charge in [0.05, 0.1) is 25.3 Å². The molecular formula is C19H20N2O4S. The van der Waals surface area contributed by atoms with Gasteiger partial charge in [-0.25, -0.2) is 8.42 Å². The molecule has 0 bridgehead atoms. The summed E-state index contributed by atoms with van der Waals surface area (Å²) in [5.74, 6) is 0.295. The summed E-state index contributed by atoms with van der Waals surface area (Å²) in [4.78, 5) is 5.72. The molecule has 1 saturated heterocycles. The van der Waals surface area contributed by atoms with Crippen LogP contribution in [0.5, 0.6) is 5.75 Å². The van der Waals surface area contributed by atoms with Gasteiger partial charge in [-0.2, -0.15) is 4.31 Å². The lowest BCUT2D eigenvalue weighted by molar-refractivity contribution is 0.0803. The first-order valence-electron chi connectivity index (χ1n) is 8.44. The van der Waals surface area contributed by atoms with Gasteiger partial charge in [0.15, 0.2) is 6.10 Å². The van der Waals surface area contributed by atoms with Gasteiger partial charge in [0, 0.05) is 6.54 Å². The molecule has 0 aliphatic carbocycles. The van der Waals surface area contributed by atoms with E-state index in [-0.39, 0.29) is 23.5 Å². The van der Waals surface area contributed by atoms with Crippen molar-refractivity contribution in [3.63, 3.8) is 0 Å². The number of oxime groups is 1. The Balaban J connectivity index is 1.62. The molecule has 26 heavy (non-hydrogen) atoms. The predicted molar refractivity (Wildman–Crippen MR) is 97.8 cm³/mol. The molecule has 2 heterocycles. The molecule has 0 amide bonds. The average molecular weight is 372 g/mol. The highest BCUT2D eigenvalue weighted by Gasteiger charge is 2.47. The molecule has 0 radical (unpaired) electrons. The monoisotopic (exact) mass is 372 g/mol. The third-order valence-corrected chi connectivity index (χ3v) is 6.75. The Bertz CT molecular complexity index is 957. The summed E-state index contributed by atoms with van der Waals surface area (Å²) in [5, 5.41) is 4.20. The van der Waals surface area contributed by atoms with Crippen LogP contribution in [0.25, 0.3) is 0 Å². The first-order valence-corrected chi connectivity index (χ1v) is 9.88. The molecule has 1 fully saturated rings. The van der Waals surface area contributed by atoms with Crippen molar-refractivity contribution in [3.05, 3.63) is 59.7 Å². The molecule has 7 heteroatoms. The minimum absolute atomic E-state index is 0.0661. The van der Waals surface area contributed by atoms with Crippen LogP contribution in [-0.4, -0.2) is 44.7 Å². The van der Waals surface area contributed by atoms with Gasteiger partial charge < -0.3 is 9.57 Å². The van der Waals surface area contributed by atoms with Crippen molar-refractivity contribution in [2.75, 3.05) is 20.2 Å². The van der Waals surface area contributed by atoms with Gasteiger partial charge in [0.25, 0.3) is 0 Å². The summed E-state index contributed by atoms with van der Waals surface area (Å²) < 4.78 is 33.1. The van der Waals surface area contributed by atoms with Gasteiger partial charge in [-0.3, -0.25) is 0 Å². The summed E-state index contributed by atoms with van der Waals surface area (Å²) in [6, 6.07) is 14.8. The van der Waals surface area contributed by atoms with E-state index in [1.165, 1.54) is 11.4 Å².